The van der Waals surface area contributed by atoms with Crippen LogP contribution in [0.1, 0.15) is 5.56 Å². The molecule has 4 aromatic rings. The standard InChI is InChI=1S/C28H24N2O4S/c1-21-17-19-25(20-18-21)35(32,33)30(23-13-7-3-8-14-23)27-26(34-24-15-9-4-10-16-24)28(31)29(27)22-11-5-2-6-12-22/h2-20,26-27H,1H3/t26-,27-/m0/s1. The number of ether oxygens (including phenoxy) is 1. The molecule has 0 unspecified atom stereocenters. The molecule has 7 heteroatoms. The Bertz CT molecular complexity index is 1410. The summed E-state index contributed by atoms with van der Waals surface area (Å²) >= 11 is 0. The van der Waals surface area contributed by atoms with Crippen LogP contribution in [0.5, 0.6) is 5.75 Å². The summed E-state index contributed by atoms with van der Waals surface area (Å²) in [5.74, 6) is 0.175. The average Bonchev–Trinajstić information content (AvgIpc) is 2.89. The smallest absolute Gasteiger partial charge is 0.274 e. The van der Waals surface area contributed by atoms with Crippen LogP contribution in [0.25, 0.3) is 0 Å². The molecule has 0 aromatic heterocycles. The van der Waals surface area contributed by atoms with Gasteiger partial charge in [0.2, 0.25) is 6.10 Å². The molecule has 0 N–H and O–H groups in total. The van der Waals surface area contributed by atoms with Crippen molar-refractivity contribution in [3.8, 4) is 5.75 Å². The molecule has 0 saturated carbocycles. The molecule has 35 heavy (non-hydrogen) atoms. The number of para-hydroxylation sites is 3. The van der Waals surface area contributed by atoms with E-state index in [4.69, 9.17) is 4.74 Å². The molecule has 6 nitrogen and oxygen atoms in total. The third kappa shape index (κ3) is 4.26. The van der Waals surface area contributed by atoms with Crippen molar-refractivity contribution in [1.82, 2.24) is 0 Å². The number of hydrogen-bond acceptors (Lipinski definition) is 4. The van der Waals surface area contributed by atoms with E-state index < -0.39 is 22.3 Å². The summed E-state index contributed by atoms with van der Waals surface area (Å²) in [6, 6.07) is 33.5. The summed E-state index contributed by atoms with van der Waals surface area (Å²) in [5.41, 5.74) is 1.98. The van der Waals surface area contributed by atoms with Crippen LogP contribution in [0, 0.1) is 6.92 Å². The lowest BCUT2D eigenvalue weighted by Crippen LogP contribution is -2.74. The molecule has 1 heterocycles. The van der Waals surface area contributed by atoms with Gasteiger partial charge in [0.25, 0.3) is 15.9 Å². The van der Waals surface area contributed by atoms with Crippen molar-refractivity contribution >= 4 is 27.3 Å². The van der Waals surface area contributed by atoms with Gasteiger partial charge in [-0.3, -0.25) is 9.69 Å². The highest BCUT2D eigenvalue weighted by Gasteiger charge is 2.56. The molecule has 0 aliphatic carbocycles. The van der Waals surface area contributed by atoms with Crippen molar-refractivity contribution in [2.75, 3.05) is 9.21 Å². The molecule has 1 fully saturated rings. The molecule has 5 rings (SSSR count). The minimum Gasteiger partial charge on any atom is -0.476 e. The maximum atomic E-state index is 14.1. The van der Waals surface area contributed by atoms with E-state index in [0.717, 1.165) is 5.56 Å². The first-order valence-corrected chi connectivity index (χ1v) is 12.7. The fourth-order valence-electron chi connectivity index (χ4n) is 4.13. The first kappa shape index (κ1) is 22.7. The van der Waals surface area contributed by atoms with Gasteiger partial charge in [0, 0.05) is 5.69 Å². The van der Waals surface area contributed by atoms with Gasteiger partial charge in [0.05, 0.1) is 10.6 Å². The van der Waals surface area contributed by atoms with Crippen molar-refractivity contribution in [2.24, 2.45) is 0 Å². The number of anilines is 2. The molecule has 176 valence electrons. The number of nitrogens with zero attached hydrogens (tertiary/aromatic N) is 2. The first-order chi connectivity index (χ1) is 17.0. The van der Waals surface area contributed by atoms with Gasteiger partial charge in [-0.15, -0.1) is 0 Å². The Kier molecular flexibility index (Phi) is 6.01. The molecule has 2 atom stereocenters. The molecule has 1 aliphatic heterocycles. The number of sulfonamides is 1. The van der Waals surface area contributed by atoms with E-state index in [-0.39, 0.29) is 10.8 Å². The minimum absolute atomic E-state index is 0.137. The van der Waals surface area contributed by atoms with E-state index in [1.807, 2.05) is 37.3 Å². The summed E-state index contributed by atoms with van der Waals surface area (Å²) in [6.07, 6.45) is -1.96. The second-order valence-corrected chi connectivity index (χ2v) is 10.1. The number of carbonyl (C=O) groups excluding carboxylic acids is 1. The fraction of sp³-hybridized carbons (Fsp3) is 0.107. The predicted octanol–water partition coefficient (Wildman–Crippen LogP) is 5.01. The molecule has 1 saturated heterocycles. The number of benzene rings is 4. The Balaban J connectivity index is 1.65. The van der Waals surface area contributed by atoms with E-state index >= 15 is 0 Å². The Morgan fingerprint density at radius 2 is 1.29 bits per heavy atom. The number of aryl methyl sites for hydroxylation is 1. The van der Waals surface area contributed by atoms with E-state index in [2.05, 4.69) is 0 Å². The van der Waals surface area contributed by atoms with Crippen LogP contribution in [-0.4, -0.2) is 26.6 Å². The number of rotatable bonds is 7. The number of β-lactam (4-membered cyclic amide) rings is 1. The summed E-state index contributed by atoms with van der Waals surface area (Å²) < 4.78 is 35.6. The van der Waals surface area contributed by atoms with Gasteiger partial charge >= 0.3 is 0 Å². The molecule has 0 bridgehead atoms. The van der Waals surface area contributed by atoms with Crippen molar-refractivity contribution < 1.29 is 17.9 Å². The highest BCUT2D eigenvalue weighted by atomic mass is 32.2. The van der Waals surface area contributed by atoms with Crippen molar-refractivity contribution in [1.29, 1.82) is 0 Å². The zero-order valence-corrected chi connectivity index (χ0v) is 19.9. The van der Waals surface area contributed by atoms with Crippen molar-refractivity contribution in [2.45, 2.75) is 24.1 Å². The fourth-order valence-corrected chi connectivity index (χ4v) is 5.73. The predicted molar refractivity (Wildman–Crippen MR) is 136 cm³/mol. The summed E-state index contributed by atoms with van der Waals surface area (Å²) in [4.78, 5) is 15.0. The van der Waals surface area contributed by atoms with Crippen LogP contribution < -0.4 is 13.9 Å². The van der Waals surface area contributed by atoms with E-state index in [1.165, 1.54) is 9.21 Å². The quantitative estimate of drug-likeness (QED) is 0.346. The topological polar surface area (TPSA) is 66.9 Å². The minimum atomic E-state index is -4.06. The summed E-state index contributed by atoms with van der Waals surface area (Å²) in [6.45, 7) is 1.90. The highest BCUT2D eigenvalue weighted by molar-refractivity contribution is 7.92. The third-order valence-corrected chi connectivity index (χ3v) is 7.70. The zero-order valence-electron chi connectivity index (χ0n) is 19.1. The van der Waals surface area contributed by atoms with Crippen LogP contribution >= 0.6 is 0 Å². The van der Waals surface area contributed by atoms with Crippen molar-refractivity contribution in [3.63, 3.8) is 0 Å². The molecule has 4 aromatic carbocycles. The molecular formula is C28H24N2O4S. The average molecular weight is 485 g/mol. The number of hydrogen-bond donors (Lipinski definition) is 0. The molecule has 0 radical (unpaired) electrons. The number of amides is 1. The second kappa shape index (κ2) is 9.27. The maximum absolute atomic E-state index is 14.1. The second-order valence-electron chi connectivity index (χ2n) is 8.26. The zero-order chi connectivity index (χ0) is 24.4. The van der Waals surface area contributed by atoms with E-state index in [9.17, 15) is 13.2 Å². The van der Waals surface area contributed by atoms with Gasteiger partial charge in [-0.1, -0.05) is 72.3 Å². The molecule has 1 amide bonds. The van der Waals surface area contributed by atoms with Gasteiger partial charge in [0.15, 0.2) is 6.17 Å². The largest absolute Gasteiger partial charge is 0.476 e. The maximum Gasteiger partial charge on any atom is 0.274 e. The SMILES string of the molecule is Cc1ccc(S(=O)(=O)N(c2ccccc2)[C@H]2[C@H](Oc3ccccc3)C(=O)N2c2ccccc2)cc1. The van der Waals surface area contributed by atoms with Gasteiger partial charge in [-0.25, -0.2) is 12.7 Å². The Morgan fingerprint density at radius 3 is 1.89 bits per heavy atom. The number of carbonyl (C=O) groups is 1. The summed E-state index contributed by atoms with van der Waals surface area (Å²) in [7, 11) is -4.06. The highest BCUT2D eigenvalue weighted by Crippen LogP contribution is 2.38. The Hall–Kier alpha value is -4.10. The van der Waals surface area contributed by atoms with Gasteiger partial charge in [-0.05, 0) is 55.5 Å². The van der Waals surface area contributed by atoms with Crippen LogP contribution in [-0.2, 0) is 14.8 Å². The molecule has 1 aliphatic rings. The van der Waals surface area contributed by atoms with Crippen LogP contribution in [0.4, 0.5) is 11.4 Å². The Labute approximate surface area is 205 Å². The van der Waals surface area contributed by atoms with E-state index in [1.54, 1.807) is 84.9 Å². The van der Waals surface area contributed by atoms with Crippen LogP contribution in [0.3, 0.4) is 0 Å². The normalized spacial score (nSPS) is 17.5. The van der Waals surface area contributed by atoms with Crippen LogP contribution in [0.2, 0.25) is 0 Å². The van der Waals surface area contributed by atoms with Crippen LogP contribution in [0.15, 0.2) is 120 Å². The van der Waals surface area contributed by atoms with E-state index in [0.29, 0.717) is 17.1 Å². The lowest BCUT2D eigenvalue weighted by Gasteiger charge is -2.50. The third-order valence-electron chi connectivity index (χ3n) is 5.89. The Morgan fingerprint density at radius 1 is 0.743 bits per heavy atom. The molecule has 0 spiro atoms. The molecular weight excluding hydrogens is 460 g/mol. The van der Waals surface area contributed by atoms with Gasteiger partial charge < -0.3 is 4.74 Å². The van der Waals surface area contributed by atoms with Gasteiger partial charge in [-0.2, -0.15) is 0 Å². The summed E-state index contributed by atoms with van der Waals surface area (Å²) in [5, 5.41) is 0. The van der Waals surface area contributed by atoms with Gasteiger partial charge in [0.1, 0.15) is 5.75 Å². The monoisotopic (exact) mass is 484 g/mol. The first-order valence-electron chi connectivity index (χ1n) is 11.2. The lowest BCUT2D eigenvalue weighted by atomic mass is 10.0. The van der Waals surface area contributed by atoms with Crippen molar-refractivity contribution in [3.05, 3.63) is 121 Å². The lowest BCUT2D eigenvalue weighted by molar-refractivity contribution is -0.134.